The number of rotatable bonds is 0. The minimum atomic E-state index is -3.85. The Balaban J connectivity index is 2.78. The summed E-state index contributed by atoms with van der Waals surface area (Å²) in [6.45, 7) is 1.37. The van der Waals surface area contributed by atoms with Crippen molar-refractivity contribution in [2.24, 2.45) is 0 Å². The lowest BCUT2D eigenvalue weighted by Gasteiger charge is -2.15. The van der Waals surface area contributed by atoms with Crippen LogP contribution in [0.3, 0.4) is 0 Å². The van der Waals surface area contributed by atoms with E-state index in [-0.39, 0.29) is 11.8 Å². The molecule has 1 atom stereocenters. The average molecular weight is 174 g/mol. The van der Waals surface area contributed by atoms with Gasteiger partial charge in [0.15, 0.2) is 0 Å². The van der Waals surface area contributed by atoms with Crippen LogP contribution in [0.2, 0.25) is 0 Å². The Bertz CT molecular complexity index is 129. The highest BCUT2D eigenvalue weighted by atomic mass is 32.2. The zero-order valence-electron chi connectivity index (χ0n) is 5.20. The second-order valence-electron chi connectivity index (χ2n) is 2.35. The lowest BCUT2D eigenvalue weighted by Crippen LogP contribution is -2.31. The third-order valence-corrected chi connectivity index (χ3v) is 2.48. The van der Waals surface area contributed by atoms with Gasteiger partial charge in [0.25, 0.3) is 0 Å². The summed E-state index contributed by atoms with van der Waals surface area (Å²) in [5.74, 6) is -3.81. The number of thioether (sulfide) groups is 1. The smallest absolute Gasteiger partial charge is 0.199 e. The predicted octanol–water partition coefficient (Wildman–Crippen LogP) is 2.74. The molecule has 0 bridgehead atoms. The SMILES string of the molecule is CC1CC(F)(F)C(F)(F)S1. The Kier molecular flexibility index (Phi) is 1.66. The molecule has 0 nitrogen and oxygen atoms in total. The number of hydrogen-bond acceptors (Lipinski definition) is 1. The third kappa shape index (κ3) is 1.11. The Labute approximate surface area is 60.0 Å². The summed E-state index contributed by atoms with van der Waals surface area (Å²) < 4.78 is 48.8. The van der Waals surface area contributed by atoms with Crippen LogP contribution in [0.25, 0.3) is 0 Å². The molecule has 1 aliphatic rings. The maximum absolute atomic E-state index is 12.2. The maximum Gasteiger partial charge on any atom is 0.356 e. The van der Waals surface area contributed by atoms with Crippen LogP contribution in [0, 0.1) is 0 Å². The summed E-state index contributed by atoms with van der Waals surface area (Å²) in [7, 11) is 0. The first-order chi connectivity index (χ1) is 4.35. The molecule has 0 spiro atoms. The molecule has 10 heavy (non-hydrogen) atoms. The van der Waals surface area contributed by atoms with E-state index in [9.17, 15) is 17.6 Å². The van der Waals surface area contributed by atoms with Gasteiger partial charge >= 0.3 is 11.2 Å². The molecule has 1 unspecified atom stereocenters. The molecule has 0 N–H and O–H groups in total. The average Bonchev–Trinajstić information content (AvgIpc) is 1.73. The van der Waals surface area contributed by atoms with Gasteiger partial charge in [0.1, 0.15) is 0 Å². The van der Waals surface area contributed by atoms with Gasteiger partial charge in [-0.25, -0.2) is 0 Å². The van der Waals surface area contributed by atoms with Crippen LogP contribution in [0.1, 0.15) is 13.3 Å². The van der Waals surface area contributed by atoms with Crippen LogP contribution in [-0.4, -0.2) is 16.4 Å². The minimum Gasteiger partial charge on any atom is -0.199 e. The van der Waals surface area contributed by atoms with Gasteiger partial charge in [-0.1, -0.05) is 18.7 Å². The summed E-state index contributed by atoms with van der Waals surface area (Å²) in [4.78, 5) is 0. The number of halogens is 4. The molecule has 0 aromatic carbocycles. The molecule has 0 saturated carbocycles. The van der Waals surface area contributed by atoms with Gasteiger partial charge in [0.2, 0.25) is 0 Å². The van der Waals surface area contributed by atoms with Gasteiger partial charge in [-0.3, -0.25) is 0 Å². The van der Waals surface area contributed by atoms with Gasteiger partial charge in [-0.2, -0.15) is 17.6 Å². The molecule has 1 rings (SSSR count). The van der Waals surface area contributed by atoms with Crippen molar-refractivity contribution in [3.8, 4) is 0 Å². The van der Waals surface area contributed by atoms with Crippen molar-refractivity contribution in [2.75, 3.05) is 0 Å². The summed E-state index contributed by atoms with van der Waals surface area (Å²) in [6.07, 6.45) is -0.718. The van der Waals surface area contributed by atoms with Crippen molar-refractivity contribution in [1.29, 1.82) is 0 Å². The highest BCUT2D eigenvalue weighted by Gasteiger charge is 2.63. The minimum absolute atomic E-state index is 0.0463. The first kappa shape index (κ1) is 8.17. The fourth-order valence-corrected chi connectivity index (χ4v) is 1.91. The quantitative estimate of drug-likeness (QED) is 0.509. The first-order valence-corrected chi connectivity index (χ1v) is 3.66. The fraction of sp³-hybridized carbons (Fsp3) is 1.00. The van der Waals surface area contributed by atoms with E-state index in [1.165, 1.54) is 6.92 Å². The molecule has 0 aromatic rings. The van der Waals surface area contributed by atoms with Crippen LogP contribution in [0.4, 0.5) is 17.6 Å². The van der Waals surface area contributed by atoms with Gasteiger partial charge in [0.05, 0.1) is 0 Å². The standard InChI is InChI=1S/C5H6F4S/c1-3-2-4(6,7)5(8,9)10-3/h3H,2H2,1H3. The van der Waals surface area contributed by atoms with Crippen LogP contribution in [-0.2, 0) is 0 Å². The van der Waals surface area contributed by atoms with E-state index in [2.05, 4.69) is 0 Å². The molecule has 0 aliphatic carbocycles. The summed E-state index contributed by atoms with van der Waals surface area (Å²) in [5, 5.41) is -4.50. The zero-order valence-corrected chi connectivity index (χ0v) is 6.02. The molecule has 0 amide bonds. The van der Waals surface area contributed by atoms with Crippen molar-refractivity contribution in [3.63, 3.8) is 0 Å². The van der Waals surface area contributed by atoms with Crippen molar-refractivity contribution < 1.29 is 17.6 Å². The summed E-state index contributed by atoms with van der Waals surface area (Å²) in [6, 6.07) is 0. The lowest BCUT2D eigenvalue weighted by atomic mass is 10.2. The fourth-order valence-electron chi connectivity index (χ4n) is 0.860. The van der Waals surface area contributed by atoms with Crippen molar-refractivity contribution >= 4 is 11.8 Å². The van der Waals surface area contributed by atoms with E-state index in [0.29, 0.717) is 0 Å². The van der Waals surface area contributed by atoms with Gasteiger partial charge < -0.3 is 0 Å². The van der Waals surface area contributed by atoms with Crippen molar-refractivity contribution in [2.45, 2.75) is 29.8 Å². The molecule has 60 valence electrons. The van der Waals surface area contributed by atoms with Crippen LogP contribution in [0.15, 0.2) is 0 Å². The van der Waals surface area contributed by atoms with Crippen LogP contribution in [0.5, 0.6) is 0 Å². The zero-order chi connectivity index (χ0) is 7.99. The van der Waals surface area contributed by atoms with Crippen LogP contribution >= 0.6 is 11.8 Å². The van der Waals surface area contributed by atoms with E-state index in [4.69, 9.17) is 0 Å². The van der Waals surface area contributed by atoms with E-state index in [1.54, 1.807) is 0 Å². The topological polar surface area (TPSA) is 0 Å². The van der Waals surface area contributed by atoms with Crippen molar-refractivity contribution in [3.05, 3.63) is 0 Å². The normalized spacial score (nSPS) is 36.3. The molecule has 1 aliphatic heterocycles. The maximum atomic E-state index is 12.2. The van der Waals surface area contributed by atoms with Gasteiger partial charge in [-0.05, 0) is 0 Å². The molecular formula is C5H6F4S. The van der Waals surface area contributed by atoms with E-state index in [1.807, 2.05) is 0 Å². The Morgan fingerprint density at radius 1 is 1.30 bits per heavy atom. The molecule has 1 heterocycles. The van der Waals surface area contributed by atoms with Crippen molar-refractivity contribution in [1.82, 2.24) is 0 Å². The van der Waals surface area contributed by atoms with Gasteiger partial charge in [0, 0.05) is 11.7 Å². The third-order valence-electron chi connectivity index (χ3n) is 1.32. The Morgan fingerprint density at radius 2 is 1.80 bits per heavy atom. The molecule has 0 aromatic heterocycles. The highest BCUT2D eigenvalue weighted by molar-refractivity contribution is 8.01. The van der Waals surface area contributed by atoms with Gasteiger partial charge in [-0.15, -0.1) is 0 Å². The lowest BCUT2D eigenvalue weighted by molar-refractivity contribution is -0.145. The van der Waals surface area contributed by atoms with E-state index in [0.717, 1.165) is 0 Å². The highest BCUT2D eigenvalue weighted by Crippen LogP contribution is 2.54. The van der Waals surface area contributed by atoms with E-state index < -0.39 is 22.8 Å². The Morgan fingerprint density at radius 3 is 1.90 bits per heavy atom. The predicted molar refractivity (Wildman–Crippen MR) is 31.6 cm³/mol. The molecule has 1 saturated heterocycles. The molecule has 5 heteroatoms. The largest absolute Gasteiger partial charge is 0.356 e. The second-order valence-corrected chi connectivity index (χ2v) is 3.91. The molecular weight excluding hydrogens is 168 g/mol. The molecule has 1 fully saturated rings. The summed E-state index contributed by atoms with van der Waals surface area (Å²) in [5.41, 5.74) is 0. The molecule has 0 radical (unpaired) electrons. The number of hydrogen-bond donors (Lipinski definition) is 0. The monoisotopic (exact) mass is 174 g/mol. The Hall–Kier alpha value is 0.0700. The number of alkyl halides is 4. The summed E-state index contributed by atoms with van der Waals surface area (Å²) >= 11 is 0.0463. The first-order valence-electron chi connectivity index (χ1n) is 2.78. The van der Waals surface area contributed by atoms with Crippen LogP contribution < -0.4 is 0 Å². The van der Waals surface area contributed by atoms with E-state index >= 15 is 0 Å². The second kappa shape index (κ2) is 2.03.